The molecule has 0 amide bonds. The summed E-state index contributed by atoms with van der Waals surface area (Å²) in [6, 6.07) is 0. The average molecular weight is 254 g/mol. The number of rotatable bonds is 4. The Kier molecular flexibility index (Phi) is 3.74. The number of alkyl halides is 3. The van der Waals surface area contributed by atoms with E-state index in [0.29, 0.717) is 5.69 Å². The summed E-state index contributed by atoms with van der Waals surface area (Å²) in [6.45, 7) is 1.18. The van der Waals surface area contributed by atoms with Crippen molar-refractivity contribution in [2.75, 3.05) is 11.9 Å². The molecule has 1 rings (SSSR count). The molecule has 2 N–H and O–H groups in total. The van der Waals surface area contributed by atoms with Gasteiger partial charge in [0.2, 0.25) is 0 Å². The second kappa shape index (κ2) is 4.69. The lowest BCUT2D eigenvalue weighted by molar-refractivity contribution is -0.131. The van der Waals surface area contributed by atoms with Gasteiger partial charge >= 0.3 is 12.1 Å². The van der Waals surface area contributed by atoms with E-state index in [1.54, 1.807) is 0 Å². The molecule has 0 aliphatic rings. The molecule has 0 atom stereocenters. The molecular formula is C8H9F3N2O2S. The lowest BCUT2D eigenvalue weighted by Gasteiger charge is -2.05. The molecule has 1 heterocycles. The van der Waals surface area contributed by atoms with Crippen LogP contribution in [0.2, 0.25) is 0 Å². The van der Waals surface area contributed by atoms with Crippen molar-refractivity contribution in [2.24, 2.45) is 0 Å². The predicted molar refractivity (Wildman–Crippen MR) is 53.0 cm³/mol. The van der Waals surface area contributed by atoms with E-state index >= 15 is 0 Å². The Hall–Kier alpha value is -1.31. The van der Waals surface area contributed by atoms with Crippen LogP contribution < -0.4 is 5.32 Å². The SMILES string of the molecule is Cc1nc(NCCC(F)(F)F)sc1C(=O)O. The third-order valence-corrected chi connectivity index (χ3v) is 2.78. The van der Waals surface area contributed by atoms with Crippen LogP contribution in [0.25, 0.3) is 0 Å². The maximum Gasteiger partial charge on any atom is 0.390 e. The zero-order chi connectivity index (χ0) is 12.3. The summed E-state index contributed by atoms with van der Waals surface area (Å²) in [5.74, 6) is -1.13. The summed E-state index contributed by atoms with van der Waals surface area (Å²) in [5, 5.41) is 11.3. The molecule has 90 valence electrons. The Balaban J connectivity index is 2.56. The van der Waals surface area contributed by atoms with Crippen LogP contribution in [0.1, 0.15) is 21.8 Å². The Morgan fingerprint density at radius 2 is 2.19 bits per heavy atom. The van der Waals surface area contributed by atoms with Crippen molar-refractivity contribution in [3.05, 3.63) is 10.6 Å². The first-order chi connectivity index (χ1) is 7.29. The summed E-state index contributed by atoms with van der Waals surface area (Å²) in [5.41, 5.74) is 0.298. The molecule has 1 aromatic rings. The number of anilines is 1. The van der Waals surface area contributed by atoms with Crippen molar-refractivity contribution in [1.82, 2.24) is 4.98 Å². The molecule has 8 heteroatoms. The van der Waals surface area contributed by atoms with Gasteiger partial charge in [-0.1, -0.05) is 11.3 Å². The molecule has 1 aromatic heterocycles. The highest BCUT2D eigenvalue weighted by molar-refractivity contribution is 7.17. The van der Waals surface area contributed by atoms with Crippen molar-refractivity contribution < 1.29 is 23.1 Å². The first kappa shape index (κ1) is 12.8. The number of aromatic carboxylic acids is 1. The fourth-order valence-corrected chi connectivity index (χ4v) is 1.81. The number of halogens is 3. The van der Waals surface area contributed by atoms with Gasteiger partial charge < -0.3 is 10.4 Å². The molecule has 0 radical (unpaired) electrons. The van der Waals surface area contributed by atoms with Crippen LogP contribution in [0.3, 0.4) is 0 Å². The molecule has 16 heavy (non-hydrogen) atoms. The molecule has 0 aromatic carbocycles. The Labute approximate surface area is 93.1 Å². The number of hydrogen-bond donors (Lipinski definition) is 2. The highest BCUT2D eigenvalue weighted by Crippen LogP contribution is 2.24. The maximum atomic E-state index is 11.8. The lowest BCUT2D eigenvalue weighted by Crippen LogP contribution is -2.14. The molecule has 4 nitrogen and oxygen atoms in total. The number of carbonyl (C=O) groups is 1. The predicted octanol–water partition coefficient (Wildman–Crippen LogP) is 2.51. The molecule has 0 fully saturated rings. The zero-order valence-electron chi connectivity index (χ0n) is 8.26. The Morgan fingerprint density at radius 3 is 2.62 bits per heavy atom. The van der Waals surface area contributed by atoms with Crippen molar-refractivity contribution in [3.8, 4) is 0 Å². The molecule has 0 bridgehead atoms. The van der Waals surface area contributed by atoms with Gasteiger partial charge in [-0.2, -0.15) is 13.2 Å². The number of thiazole rings is 1. The second-order valence-corrected chi connectivity index (χ2v) is 4.03. The summed E-state index contributed by atoms with van der Waals surface area (Å²) in [7, 11) is 0. The fourth-order valence-electron chi connectivity index (χ4n) is 0.982. The number of aromatic nitrogens is 1. The topological polar surface area (TPSA) is 62.2 Å². The number of carboxylic acids is 1. The minimum Gasteiger partial charge on any atom is -0.477 e. The molecule has 0 aliphatic carbocycles. The minimum atomic E-state index is -4.23. The van der Waals surface area contributed by atoms with Crippen LogP contribution >= 0.6 is 11.3 Å². The van der Waals surface area contributed by atoms with Gasteiger partial charge in [0.1, 0.15) is 4.88 Å². The first-order valence-electron chi connectivity index (χ1n) is 4.31. The van der Waals surface area contributed by atoms with Gasteiger partial charge in [-0.15, -0.1) is 0 Å². The van der Waals surface area contributed by atoms with Gasteiger partial charge in [-0.3, -0.25) is 0 Å². The highest BCUT2D eigenvalue weighted by atomic mass is 32.1. The highest BCUT2D eigenvalue weighted by Gasteiger charge is 2.26. The van der Waals surface area contributed by atoms with Crippen LogP contribution in [0.4, 0.5) is 18.3 Å². The van der Waals surface area contributed by atoms with E-state index in [-0.39, 0.29) is 16.6 Å². The van der Waals surface area contributed by atoms with Gasteiger partial charge in [-0.25, -0.2) is 9.78 Å². The first-order valence-corrected chi connectivity index (χ1v) is 5.12. The van der Waals surface area contributed by atoms with E-state index in [1.165, 1.54) is 6.92 Å². The van der Waals surface area contributed by atoms with Crippen molar-refractivity contribution in [1.29, 1.82) is 0 Å². The summed E-state index contributed by atoms with van der Waals surface area (Å²) < 4.78 is 35.5. The van der Waals surface area contributed by atoms with Gasteiger partial charge in [0.25, 0.3) is 0 Å². The molecule has 0 saturated carbocycles. The second-order valence-electron chi connectivity index (χ2n) is 3.03. The van der Waals surface area contributed by atoms with Crippen molar-refractivity contribution in [3.63, 3.8) is 0 Å². The third-order valence-electron chi connectivity index (χ3n) is 1.68. The van der Waals surface area contributed by atoms with Crippen molar-refractivity contribution in [2.45, 2.75) is 19.5 Å². The Bertz CT molecular complexity index is 389. The molecule has 0 unspecified atom stereocenters. The zero-order valence-corrected chi connectivity index (χ0v) is 9.08. The van der Waals surface area contributed by atoms with E-state index in [9.17, 15) is 18.0 Å². The molecule has 0 spiro atoms. The smallest absolute Gasteiger partial charge is 0.390 e. The summed E-state index contributed by atoms with van der Waals surface area (Å²) in [4.78, 5) is 14.5. The van der Waals surface area contributed by atoms with E-state index in [1.807, 2.05) is 0 Å². The van der Waals surface area contributed by atoms with Gasteiger partial charge in [0, 0.05) is 6.54 Å². The number of carboxylic acid groups (broad SMARTS) is 1. The molecule has 0 saturated heterocycles. The number of nitrogens with one attached hydrogen (secondary N) is 1. The number of aryl methyl sites for hydroxylation is 1. The van der Waals surface area contributed by atoms with Crippen LogP contribution in [-0.4, -0.2) is 28.8 Å². The van der Waals surface area contributed by atoms with Crippen LogP contribution in [-0.2, 0) is 0 Å². The van der Waals surface area contributed by atoms with E-state index in [2.05, 4.69) is 10.3 Å². The third kappa shape index (κ3) is 3.69. The maximum absolute atomic E-state index is 11.8. The van der Waals surface area contributed by atoms with E-state index in [0.717, 1.165) is 11.3 Å². The lowest BCUT2D eigenvalue weighted by atomic mass is 10.4. The van der Waals surface area contributed by atoms with Crippen LogP contribution in [0.15, 0.2) is 0 Å². The minimum absolute atomic E-state index is 0.0366. The number of nitrogens with zero attached hydrogens (tertiary/aromatic N) is 1. The molecular weight excluding hydrogens is 245 g/mol. The van der Waals surface area contributed by atoms with Gasteiger partial charge in [-0.05, 0) is 6.92 Å². The largest absolute Gasteiger partial charge is 0.477 e. The Morgan fingerprint density at radius 1 is 1.56 bits per heavy atom. The van der Waals surface area contributed by atoms with Crippen LogP contribution in [0.5, 0.6) is 0 Å². The van der Waals surface area contributed by atoms with Gasteiger partial charge in [0.15, 0.2) is 5.13 Å². The van der Waals surface area contributed by atoms with Crippen molar-refractivity contribution >= 4 is 22.4 Å². The average Bonchev–Trinajstić information content (AvgIpc) is 2.44. The van der Waals surface area contributed by atoms with Crippen LogP contribution in [0, 0.1) is 6.92 Å². The van der Waals surface area contributed by atoms with E-state index < -0.39 is 18.6 Å². The quantitative estimate of drug-likeness (QED) is 0.866. The summed E-state index contributed by atoms with van der Waals surface area (Å²) >= 11 is 0.829. The summed E-state index contributed by atoms with van der Waals surface area (Å²) in [6.07, 6.45) is -5.21. The molecule has 0 aliphatic heterocycles. The monoisotopic (exact) mass is 254 g/mol. The van der Waals surface area contributed by atoms with Gasteiger partial charge in [0.05, 0.1) is 12.1 Å². The normalized spacial score (nSPS) is 11.5. The fraction of sp³-hybridized carbons (Fsp3) is 0.500. The van der Waals surface area contributed by atoms with E-state index in [4.69, 9.17) is 5.11 Å². The standard InChI is InChI=1S/C8H9F3N2O2S/c1-4-5(6(14)15)16-7(13-4)12-3-2-8(9,10)11/h2-3H2,1H3,(H,12,13)(H,14,15). The number of hydrogen-bond acceptors (Lipinski definition) is 4.